The van der Waals surface area contributed by atoms with E-state index in [1.165, 1.54) is 11.3 Å². The summed E-state index contributed by atoms with van der Waals surface area (Å²) >= 11 is 0. The minimum absolute atomic E-state index is 0.162. The van der Waals surface area contributed by atoms with Gasteiger partial charge in [-0.3, -0.25) is 9.69 Å². The number of likely N-dealkylation sites (N-methyl/N-ethyl adjacent to an activating group) is 1. The minimum Gasteiger partial charge on any atom is -0.381 e. The molecule has 0 unspecified atom stereocenters. The van der Waals surface area contributed by atoms with Gasteiger partial charge in [0.25, 0.3) is 0 Å². The zero-order valence-corrected chi connectivity index (χ0v) is 18.6. The molecule has 3 rings (SSSR count). The molecular weight excluding hydrogens is 374 g/mol. The second-order valence-corrected chi connectivity index (χ2v) is 8.52. The van der Waals surface area contributed by atoms with Crippen LogP contribution >= 0.6 is 0 Å². The Morgan fingerprint density at radius 1 is 0.900 bits per heavy atom. The standard InChI is InChI=1S/C25H35N3O2/c1-26(2)24-11-9-22(10-12-24)17-27(3)25(29)20-28(18-21-7-5-4-6-8-21)19-23-13-15-30-16-14-23/h4-12,23H,13-20H2,1-3H3. The van der Waals surface area contributed by atoms with Crippen molar-refractivity contribution < 1.29 is 9.53 Å². The van der Waals surface area contributed by atoms with E-state index < -0.39 is 0 Å². The van der Waals surface area contributed by atoms with Crippen LogP contribution in [0.1, 0.15) is 24.0 Å². The normalized spacial score (nSPS) is 14.7. The lowest BCUT2D eigenvalue weighted by atomic mass is 9.99. The summed E-state index contributed by atoms with van der Waals surface area (Å²) in [7, 11) is 5.96. The summed E-state index contributed by atoms with van der Waals surface area (Å²) in [6, 6.07) is 18.8. The van der Waals surface area contributed by atoms with Gasteiger partial charge in [0, 0.05) is 59.7 Å². The molecule has 162 valence electrons. The van der Waals surface area contributed by atoms with Crippen LogP contribution in [0.3, 0.4) is 0 Å². The van der Waals surface area contributed by atoms with Gasteiger partial charge in [0.15, 0.2) is 0 Å². The second-order valence-electron chi connectivity index (χ2n) is 8.52. The first kappa shape index (κ1) is 22.3. The molecule has 0 spiro atoms. The first-order valence-corrected chi connectivity index (χ1v) is 10.9. The number of rotatable bonds is 9. The maximum absolute atomic E-state index is 13.0. The largest absolute Gasteiger partial charge is 0.381 e. The van der Waals surface area contributed by atoms with Crippen LogP contribution in [-0.2, 0) is 22.6 Å². The van der Waals surface area contributed by atoms with E-state index in [4.69, 9.17) is 4.74 Å². The Labute approximate surface area is 181 Å². The summed E-state index contributed by atoms with van der Waals surface area (Å²) in [6.07, 6.45) is 2.15. The SMILES string of the molecule is CN(Cc1ccc(N(C)C)cc1)C(=O)CN(Cc1ccccc1)CC1CCOCC1. The van der Waals surface area contributed by atoms with Crippen LogP contribution in [0.15, 0.2) is 54.6 Å². The maximum Gasteiger partial charge on any atom is 0.236 e. The number of hydrogen-bond acceptors (Lipinski definition) is 4. The molecule has 1 amide bonds. The third kappa shape index (κ3) is 6.85. The van der Waals surface area contributed by atoms with E-state index in [1.54, 1.807) is 0 Å². The fourth-order valence-electron chi connectivity index (χ4n) is 3.89. The number of carbonyl (C=O) groups excluding carboxylic acids is 1. The first-order chi connectivity index (χ1) is 14.5. The number of benzene rings is 2. The maximum atomic E-state index is 13.0. The van der Waals surface area contributed by atoms with Crippen molar-refractivity contribution in [1.82, 2.24) is 9.80 Å². The molecule has 0 aliphatic carbocycles. The summed E-state index contributed by atoms with van der Waals surface area (Å²) < 4.78 is 5.51. The van der Waals surface area contributed by atoms with Crippen LogP contribution < -0.4 is 4.90 Å². The van der Waals surface area contributed by atoms with Crippen LogP contribution in [0.2, 0.25) is 0 Å². The van der Waals surface area contributed by atoms with Crippen molar-refractivity contribution in [3.63, 3.8) is 0 Å². The molecule has 30 heavy (non-hydrogen) atoms. The molecule has 1 aliphatic heterocycles. The van der Waals surface area contributed by atoms with Gasteiger partial charge in [-0.15, -0.1) is 0 Å². The van der Waals surface area contributed by atoms with Crippen molar-refractivity contribution >= 4 is 11.6 Å². The highest BCUT2D eigenvalue weighted by Crippen LogP contribution is 2.18. The molecule has 0 radical (unpaired) electrons. The van der Waals surface area contributed by atoms with Gasteiger partial charge >= 0.3 is 0 Å². The van der Waals surface area contributed by atoms with Crippen molar-refractivity contribution in [3.8, 4) is 0 Å². The zero-order valence-electron chi connectivity index (χ0n) is 18.6. The Bertz CT molecular complexity index is 771. The number of nitrogens with zero attached hydrogens (tertiary/aromatic N) is 3. The van der Waals surface area contributed by atoms with Gasteiger partial charge < -0.3 is 14.5 Å². The van der Waals surface area contributed by atoms with E-state index in [0.717, 1.165) is 44.7 Å². The van der Waals surface area contributed by atoms with Crippen LogP contribution in [0.5, 0.6) is 0 Å². The molecule has 2 aromatic rings. The lowest BCUT2D eigenvalue weighted by Crippen LogP contribution is -2.40. The lowest BCUT2D eigenvalue weighted by Gasteiger charge is -2.30. The van der Waals surface area contributed by atoms with Crippen LogP contribution in [-0.4, -0.2) is 63.2 Å². The number of hydrogen-bond donors (Lipinski definition) is 0. The average Bonchev–Trinajstić information content (AvgIpc) is 2.75. The van der Waals surface area contributed by atoms with Gasteiger partial charge in [0.05, 0.1) is 6.54 Å². The van der Waals surface area contributed by atoms with E-state index >= 15 is 0 Å². The van der Waals surface area contributed by atoms with Crippen LogP contribution in [0.4, 0.5) is 5.69 Å². The fraction of sp³-hybridized carbons (Fsp3) is 0.480. The molecule has 0 atom stereocenters. The highest BCUT2D eigenvalue weighted by atomic mass is 16.5. The van der Waals surface area contributed by atoms with Gasteiger partial charge in [-0.2, -0.15) is 0 Å². The number of ether oxygens (including phenoxy) is 1. The molecule has 1 aliphatic rings. The Morgan fingerprint density at radius 3 is 2.17 bits per heavy atom. The van der Waals surface area contributed by atoms with Crippen molar-refractivity contribution in [2.24, 2.45) is 5.92 Å². The fourth-order valence-corrected chi connectivity index (χ4v) is 3.89. The molecule has 0 bridgehead atoms. The molecule has 0 saturated carbocycles. The monoisotopic (exact) mass is 409 g/mol. The summed E-state index contributed by atoms with van der Waals surface area (Å²) in [4.78, 5) is 19.2. The number of amides is 1. The van der Waals surface area contributed by atoms with Gasteiger partial charge in [0.1, 0.15) is 0 Å². The van der Waals surface area contributed by atoms with Gasteiger partial charge in [-0.05, 0) is 42.0 Å². The molecule has 5 nitrogen and oxygen atoms in total. The van der Waals surface area contributed by atoms with Crippen molar-refractivity contribution in [3.05, 3.63) is 65.7 Å². The summed E-state index contributed by atoms with van der Waals surface area (Å²) in [6.45, 7) is 4.48. The number of anilines is 1. The molecule has 2 aromatic carbocycles. The second kappa shape index (κ2) is 11.1. The average molecular weight is 410 g/mol. The van der Waals surface area contributed by atoms with Gasteiger partial charge in [-0.1, -0.05) is 42.5 Å². The minimum atomic E-state index is 0.162. The Kier molecular flexibility index (Phi) is 8.29. The topological polar surface area (TPSA) is 36.0 Å². The summed E-state index contributed by atoms with van der Waals surface area (Å²) in [5.41, 5.74) is 3.56. The molecular formula is C25H35N3O2. The van der Waals surface area contributed by atoms with Crippen molar-refractivity contribution in [1.29, 1.82) is 0 Å². The quantitative estimate of drug-likeness (QED) is 0.634. The van der Waals surface area contributed by atoms with Crippen LogP contribution in [0.25, 0.3) is 0 Å². The highest BCUT2D eigenvalue weighted by Gasteiger charge is 2.21. The van der Waals surface area contributed by atoms with E-state index in [-0.39, 0.29) is 5.91 Å². The molecule has 0 N–H and O–H groups in total. The number of carbonyl (C=O) groups is 1. The summed E-state index contributed by atoms with van der Waals surface area (Å²) in [5.74, 6) is 0.758. The third-order valence-electron chi connectivity index (χ3n) is 5.76. The van der Waals surface area contributed by atoms with Gasteiger partial charge in [0.2, 0.25) is 5.91 Å². The molecule has 1 fully saturated rings. The van der Waals surface area contributed by atoms with Crippen molar-refractivity contribution in [2.45, 2.75) is 25.9 Å². The molecule has 1 heterocycles. The van der Waals surface area contributed by atoms with E-state index in [1.807, 2.05) is 32.1 Å². The Balaban J connectivity index is 1.60. The predicted molar refractivity (Wildman–Crippen MR) is 123 cm³/mol. The van der Waals surface area contributed by atoms with E-state index in [2.05, 4.69) is 58.3 Å². The van der Waals surface area contributed by atoms with Gasteiger partial charge in [-0.25, -0.2) is 0 Å². The molecule has 1 saturated heterocycles. The van der Waals surface area contributed by atoms with E-state index in [0.29, 0.717) is 19.0 Å². The zero-order chi connectivity index (χ0) is 21.3. The molecule has 0 aromatic heterocycles. The van der Waals surface area contributed by atoms with Crippen molar-refractivity contribution in [2.75, 3.05) is 52.3 Å². The third-order valence-corrected chi connectivity index (χ3v) is 5.76. The predicted octanol–water partition coefficient (Wildman–Crippen LogP) is 3.64. The molecule has 5 heteroatoms. The highest BCUT2D eigenvalue weighted by molar-refractivity contribution is 5.78. The van der Waals surface area contributed by atoms with E-state index in [9.17, 15) is 4.79 Å². The lowest BCUT2D eigenvalue weighted by molar-refractivity contribution is -0.132. The Hall–Kier alpha value is -2.37. The first-order valence-electron chi connectivity index (χ1n) is 10.9. The Morgan fingerprint density at radius 2 is 1.53 bits per heavy atom. The smallest absolute Gasteiger partial charge is 0.236 e. The summed E-state index contributed by atoms with van der Waals surface area (Å²) in [5, 5.41) is 0. The van der Waals surface area contributed by atoms with Crippen LogP contribution in [0, 0.1) is 5.92 Å².